The first-order valence-corrected chi connectivity index (χ1v) is 8.60. The summed E-state index contributed by atoms with van der Waals surface area (Å²) in [4.78, 5) is 0. The molecule has 21 heavy (non-hydrogen) atoms. The Morgan fingerprint density at radius 2 is 1.86 bits per heavy atom. The Morgan fingerprint density at radius 1 is 1.10 bits per heavy atom. The maximum absolute atomic E-state index is 5.95. The molecule has 0 spiro atoms. The van der Waals surface area contributed by atoms with Gasteiger partial charge in [0.1, 0.15) is 0 Å². The van der Waals surface area contributed by atoms with E-state index in [4.69, 9.17) is 4.74 Å². The fourth-order valence-corrected chi connectivity index (χ4v) is 3.18. The number of hydrogen-bond donors (Lipinski definition) is 0. The number of hydrogen-bond acceptors (Lipinski definition) is 1. The zero-order chi connectivity index (χ0) is 15.5. The molecule has 0 bridgehead atoms. The Morgan fingerprint density at radius 3 is 2.57 bits per heavy atom. The molecule has 0 aromatic rings. The van der Waals surface area contributed by atoms with Crippen molar-refractivity contribution in [3.8, 4) is 0 Å². The van der Waals surface area contributed by atoms with Gasteiger partial charge in [-0.3, -0.25) is 0 Å². The molecule has 1 fully saturated rings. The lowest BCUT2D eigenvalue weighted by molar-refractivity contribution is 0.295. The van der Waals surface area contributed by atoms with Crippen LogP contribution in [0.3, 0.4) is 0 Å². The molecular weight excluding hydrogens is 256 g/mol. The smallest absolute Gasteiger partial charge is 0.0923 e. The molecule has 1 aliphatic carbocycles. The monoisotopic (exact) mass is 288 g/mol. The molecule has 0 aromatic carbocycles. The maximum Gasteiger partial charge on any atom is 0.0923 e. The van der Waals surface area contributed by atoms with E-state index in [-0.39, 0.29) is 5.60 Å². The SMILES string of the molecule is C/C1=C\CC[C@]2(C)O[C@H]2CC/C(C)=C/C=C(/C(C)C)CC1. The number of allylic oxidation sites excluding steroid dienone is 6. The maximum atomic E-state index is 5.95. The van der Waals surface area contributed by atoms with Crippen LogP contribution in [0, 0.1) is 5.92 Å². The highest BCUT2D eigenvalue weighted by atomic mass is 16.6. The van der Waals surface area contributed by atoms with Crippen LogP contribution >= 0.6 is 0 Å². The van der Waals surface area contributed by atoms with Gasteiger partial charge in [0.25, 0.3) is 0 Å². The summed E-state index contributed by atoms with van der Waals surface area (Å²) in [5, 5.41) is 0. The van der Waals surface area contributed by atoms with E-state index in [1.165, 1.54) is 36.8 Å². The number of rotatable bonds is 1. The Bertz CT molecular complexity index is 452. The minimum atomic E-state index is 0.153. The number of ether oxygens (including phenoxy) is 1. The minimum Gasteiger partial charge on any atom is -0.366 e. The van der Waals surface area contributed by atoms with E-state index in [1.54, 1.807) is 5.57 Å². The molecule has 118 valence electrons. The van der Waals surface area contributed by atoms with E-state index in [1.807, 2.05) is 0 Å². The highest BCUT2D eigenvalue weighted by Gasteiger charge is 2.50. The largest absolute Gasteiger partial charge is 0.366 e. The van der Waals surface area contributed by atoms with Crippen molar-refractivity contribution in [2.75, 3.05) is 0 Å². The Labute approximate surface area is 131 Å². The Hall–Kier alpha value is -0.820. The summed E-state index contributed by atoms with van der Waals surface area (Å²) in [6.07, 6.45) is 14.7. The molecule has 0 saturated carbocycles. The summed E-state index contributed by atoms with van der Waals surface area (Å²) in [5.41, 5.74) is 4.74. The van der Waals surface area contributed by atoms with Crippen LogP contribution in [0.2, 0.25) is 0 Å². The predicted octanol–water partition coefficient (Wildman–Crippen LogP) is 5.97. The summed E-state index contributed by atoms with van der Waals surface area (Å²) in [5.74, 6) is 0.643. The third-order valence-electron chi connectivity index (χ3n) is 5.10. The molecule has 0 aromatic heterocycles. The zero-order valence-corrected chi connectivity index (χ0v) is 14.5. The fraction of sp³-hybridized carbons (Fsp3) is 0.700. The lowest BCUT2D eigenvalue weighted by atomic mass is 9.92. The molecular formula is C20H32O. The van der Waals surface area contributed by atoms with E-state index in [0.717, 1.165) is 12.8 Å². The molecule has 1 saturated heterocycles. The topological polar surface area (TPSA) is 12.5 Å². The molecule has 0 radical (unpaired) electrons. The molecule has 0 unspecified atom stereocenters. The molecule has 1 heterocycles. The van der Waals surface area contributed by atoms with Crippen molar-refractivity contribution < 1.29 is 4.74 Å². The molecule has 1 aliphatic heterocycles. The van der Waals surface area contributed by atoms with Gasteiger partial charge in [-0.2, -0.15) is 0 Å². The van der Waals surface area contributed by atoms with Crippen LogP contribution in [0.1, 0.15) is 73.1 Å². The standard InChI is InChI=1S/C20H32O/c1-15(2)18-11-8-16(3)7-6-14-20(5)19(21-20)13-10-17(4)9-12-18/h7,9,12,15,19H,6,8,10-11,13-14H2,1-5H3/b16-7+,17-9+,18-12+/t19-,20-/m0/s1. The normalized spacial score (nSPS) is 39.1. The van der Waals surface area contributed by atoms with Gasteiger partial charge in [0.15, 0.2) is 0 Å². The highest BCUT2D eigenvalue weighted by Crippen LogP contribution is 2.43. The van der Waals surface area contributed by atoms with Crippen LogP contribution in [0.15, 0.2) is 34.9 Å². The second-order valence-corrected chi connectivity index (χ2v) is 7.46. The minimum absolute atomic E-state index is 0.153. The van der Waals surface area contributed by atoms with Gasteiger partial charge in [0.2, 0.25) is 0 Å². The average molecular weight is 288 g/mol. The molecule has 0 N–H and O–H groups in total. The van der Waals surface area contributed by atoms with Gasteiger partial charge in [-0.05, 0) is 65.2 Å². The van der Waals surface area contributed by atoms with E-state index < -0.39 is 0 Å². The molecule has 1 heteroatoms. The molecule has 0 amide bonds. The summed E-state index contributed by atoms with van der Waals surface area (Å²) in [7, 11) is 0. The van der Waals surface area contributed by atoms with Gasteiger partial charge >= 0.3 is 0 Å². The van der Waals surface area contributed by atoms with E-state index in [0.29, 0.717) is 12.0 Å². The van der Waals surface area contributed by atoms with Crippen molar-refractivity contribution in [2.24, 2.45) is 5.92 Å². The van der Waals surface area contributed by atoms with Gasteiger partial charge in [0.05, 0.1) is 11.7 Å². The van der Waals surface area contributed by atoms with E-state index in [9.17, 15) is 0 Å². The van der Waals surface area contributed by atoms with Crippen molar-refractivity contribution >= 4 is 0 Å². The molecule has 2 atom stereocenters. The second kappa shape index (κ2) is 6.96. The zero-order valence-electron chi connectivity index (χ0n) is 14.5. The first-order chi connectivity index (χ1) is 9.90. The Kier molecular flexibility index (Phi) is 5.48. The van der Waals surface area contributed by atoms with Gasteiger partial charge < -0.3 is 4.74 Å². The second-order valence-electron chi connectivity index (χ2n) is 7.46. The van der Waals surface area contributed by atoms with Gasteiger partial charge in [0, 0.05) is 0 Å². The Balaban J connectivity index is 2.11. The molecule has 1 nitrogen and oxygen atoms in total. The summed E-state index contributed by atoms with van der Waals surface area (Å²) < 4.78 is 5.95. The quantitative estimate of drug-likeness (QED) is 0.427. The summed E-state index contributed by atoms with van der Waals surface area (Å²) in [6.45, 7) is 11.4. The van der Waals surface area contributed by atoms with Crippen LogP contribution < -0.4 is 0 Å². The predicted molar refractivity (Wildman–Crippen MR) is 91.4 cm³/mol. The van der Waals surface area contributed by atoms with Gasteiger partial charge in [-0.1, -0.05) is 48.8 Å². The van der Waals surface area contributed by atoms with Gasteiger partial charge in [-0.25, -0.2) is 0 Å². The van der Waals surface area contributed by atoms with Crippen molar-refractivity contribution in [2.45, 2.75) is 84.8 Å². The van der Waals surface area contributed by atoms with Gasteiger partial charge in [-0.15, -0.1) is 0 Å². The third kappa shape index (κ3) is 4.85. The average Bonchev–Trinajstić information content (AvgIpc) is 3.06. The first-order valence-electron chi connectivity index (χ1n) is 8.60. The van der Waals surface area contributed by atoms with E-state index in [2.05, 4.69) is 52.8 Å². The lowest BCUT2D eigenvalue weighted by Crippen LogP contribution is -2.09. The van der Waals surface area contributed by atoms with Crippen molar-refractivity contribution in [3.63, 3.8) is 0 Å². The van der Waals surface area contributed by atoms with Crippen molar-refractivity contribution in [1.82, 2.24) is 0 Å². The molecule has 2 rings (SSSR count). The van der Waals surface area contributed by atoms with Crippen molar-refractivity contribution in [1.29, 1.82) is 0 Å². The van der Waals surface area contributed by atoms with E-state index >= 15 is 0 Å². The van der Waals surface area contributed by atoms with Crippen molar-refractivity contribution in [3.05, 3.63) is 34.9 Å². The first kappa shape index (κ1) is 16.5. The highest BCUT2D eigenvalue weighted by molar-refractivity contribution is 5.20. The molecule has 2 aliphatic rings. The van der Waals surface area contributed by atoms with Crippen LogP contribution in [-0.4, -0.2) is 11.7 Å². The number of epoxide rings is 1. The van der Waals surface area contributed by atoms with Crippen LogP contribution in [0.4, 0.5) is 0 Å². The number of fused-ring (bicyclic) bond motifs is 1. The van der Waals surface area contributed by atoms with Crippen LogP contribution in [0.25, 0.3) is 0 Å². The lowest BCUT2D eigenvalue weighted by Gasteiger charge is -2.12. The van der Waals surface area contributed by atoms with Crippen LogP contribution in [0.5, 0.6) is 0 Å². The third-order valence-corrected chi connectivity index (χ3v) is 5.10. The van der Waals surface area contributed by atoms with Crippen LogP contribution in [-0.2, 0) is 4.74 Å². The fourth-order valence-electron chi connectivity index (χ4n) is 3.18. The summed E-state index contributed by atoms with van der Waals surface area (Å²) >= 11 is 0. The summed E-state index contributed by atoms with van der Waals surface area (Å²) in [6, 6.07) is 0.